The molecule has 9 heteroatoms. The molecule has 3 heterocycles. The van der Waals surface area contributed by atoms with E-state index < -0.39 is 5.54 Å². The SMILES string of the molecule is CC(C)n1ncc2cnc(C(=O)NC3(c4ccc(-c5cncn(C)c5=O)cc4)CC3)nc21. The normalized spacial score (nSPS) is 14.6. The van der Waals surface area contributed by atoms with Gasteiger partial charge < -0.3 is 9.88 Å². The summed E-state index contributed by atoms with van der Waals surface area (Å²) >= 11 is 0. The average molecular weight is 429 g/mol. The molecule has 3 aromatic heterocycles. The second kappa shape index (κ2) is 7.37. The van der Waals surface area contributed by atoms with Crippen LogP contribution in [0.15, 0.2) is 54.0 Å². The van der Waals surface area contributed by atoms with E-state index in [9.17, 15) is 9.59 Å². The minimum absolute atomic E-state index is 0.102. The molecule has 1 amide bonds. The first-order valence-corrected chi connectivity index (χ1v) is 10.5. The highest BCUT2D eigenvalue weighted by Crippen LogP contribution is 2.45. The molecule has 1 aromatic carbocycles. The van der Waals surface area contributed by atoms with Gasteiger partial charge in [-0.15, -0.1) is 0 Å². The highest BCUT2D eigenvalue weighted by molar-refractivity contribution is 5.93. The first-order valence-electron chi connectivity index (χ1n) is 10.5. The molecule has 4 aromatic rings. The fourth-order valence-electron chi connectivity index (χ4n) is 3.88. The van der Waals surface area contributed by atoms with Crippen LogP contribution in [0.2, 0.25) is 0 Å². The van der Waals surface area contributed by atoms with Crippen LogP contribution in [0.3, 0.4) is 0 Å². The maximum Gasteiger partial charge on any atom is 0.289 e. The van der Waals surface area contributed by atoms with Gasteiger partial charge in [0.25, 0.3) is 11.5 Å². The Morgan fingerprint density at radius 3 is 2.56 bits per heavy atom. The Labute approximate surface area is 184 Å². The van der Waals surface area contributed by atoms with Crippen molar-refractivity contribution in [2.75, 3.05) is 0 Å². The Bertz CT molecular complexity index is 1380. The number of benzene rings is 1. The predicted octanol–water partition coefficient (Wildman–Crippen LogP) is 2.59. The van der Waals surface area contributed by atoms with Crippen molar-refractivity contribution >= 4 is 16.9 Å². The molecule has 32 heavy (non-hydrogen) atoms. The van der Waals surface area contributed by atoms with Gasteiger partial charge in [-0.1, -0.05) is 24.3 Å². The van der Waals surface area contributed by atoms with Gasteiger partial charge in [0.2, 0.25) is 5.82 Å². The van der Waals surface area contributed by atoms with E-state index in [1.807, 2.05) is 38.1 Å². The van der Waals surface area contributed by atoms with Crippen molar-refractivity contribution in [2.24, 2.45) is 7.05 Å². The molecule has 5 rings (SSSR count). The Kier molecular flexibility index (Phi) is 4.61. The smallest absolute Gasteiger partial charge is 0.289 e. The van der Waals surface area contributed by atoms with E-state index in [1.54, 1.807) is 30.3 Å². The van der Waals surface area contributed by atoms with Crippen molar-refractivity contribution in [1.29, 1.82) is 0 Å². The zero-order chi connectivity index (χ0) is 22.5. The molecule has 0 aliphatic heterocycles. The second-order valence-corrected chi connectivity index (χ2v) is 8.49. The maximum atomic E-state index is 13.0. The zero-order valence-corrected chi connectivity index (χ0v) is 18.1. The zero-order valence-electron chi connectivity index (χ0n) is 18.1. The van der Waals surface area contributed by atoms with Crippen LogP contribution in [-0.4, -0.2) is 35.2 Å². The number of hydrogen-bond donors (Lipinski definition) is 1. The molecule has 1 fully saturated rings. The number of hydrogen-bond acceptors (Lipinski definition) is 6. The molecule has 0 bridgehead atoms. The lowest BCUT2D eigenvalue weighted by Gasteiger charge is -2.18. The van der Waals surface area contributed by atoms with Crippen molar-refractivity contribution < 1.29 is 4.79 Å². The van der Waals surface area contributed by atoms with E-state index in [0.717, 1.165) is 29.4 Å². The lowest BCUT2D eigenvalue weighted by atomic mass is 10.0. The van der Waals surface area contributed by atoms with Crippen LogP contribution in [0.25, 0.3) is 22.2 Å². The highest BCUT2D eigenvalue weighted by atomic mass is 16.2. The van der Waals surface area contributed by atoms with Crippen molar-refractivity contribution in [3.63, 3.8) is 0 Å². The largest absolute Gasteiger partial charge is 0.340 e. The van der Waals surface area contributed by atoms with Gasteiger partial charge in [-0.05, 0) is 37.8 Å². The van der Waals surface area contributed by atoms with E-state index in [0.29, 0.717) is 11.2 Å². The van der Waals surface area contributed by atoms with Crippen LogP contribution < -0.4 is 10.9 Å². The van der Waals surface area contributed by atoms with E-state index in [4.69, 9.17) is 0 Å². The summed E-state index contributed by atoms with van der Waals surface area (Å²) in [5, 5.41) is 8.24. The second-order valence-electron chi connectivity index (χ2n) is 8.49. The number of aromatic nitrogens is 6. The molecule has 1 aliphatic rings. The third-order valence-electron chi connectivity index (χ3n) is 5.87. The number of nitrogens with zero attached hydrogens (tertiary/aromatic N) is 6. The lowest BCUT2D eigenvalue weighted by molar-refractivity contribution is 0.0920. The van der Waals surface area contributed by atoms with Crippen LogP contribution in [0.1, 0.15) is 48.9 Å². The Hall–Kier alpha value is -3.88. The topological polar surface area (TPSA) is 108 Å². The van der Waals surface area contributed by atoms with Crippen LogP contribution in [0, 0.1) is 0 Å². The van der Waals surface area contributed by atoms with Crippen molar-refractivity contribution in [2.45, 2.75) is 38.3 Å². The number of fused-ring (bicyclic) bond motifs is 1. The minimum Gasteiger partial charge on any atom is -0.340 e. The van der Waals surface area contributed by atoms with Gasteiger partial charge in [-0.2, -0.15) is 5.10 Å². The van der Waals surface area contributed by atoms with Crippen LogP contribution >= 0.6 is 0 Å². The molecule has 1 aliphatic carbocycles. The van der Waals surface area contributed by atoms with Crippen LogP contribution in [0.5, 0.6) is 0 Å². The van der Waals surface area contributed by atoms with Crippen LogP contribution in [-0.2, 0) is 12.6 Å². The summed E-state index contributed by atoms with van der Waals surface area (Å²) < 4.78 is 3.23. The van der Waals surface area contributed by atoms with Crippen molar-refractivity contribution in [3.8, 4) is 11.1 Å². The van der Waals surface area contributed by atoms with Gasteiger partial charge in [0, 0.05) is 25.5 Å². The third-order valence-corrected chi connectivity index (χ3v) is 5.87. The van der Waals surface area contributed by atoms with Gasteiger partial charge in [-0.25, -0.2) is 19.6 Å². The maximum absolute atomic E-state index is 13.0. The Balaban J connectivity index is 1.39. The van der Waals surface area contributed by atoms with E-state index >= 15 is 0 Å². The molecular formula is C23H23N7O2. The minimum atomic E-state index is -0.438. The summed E-state index contributed by atoms with van der Waals surface area (Å²) in [5.41, 5.74) is 2.43. The number of amides is 1. The predicted molar refractivity (Wildman–Crippen MR) is 119 cm³/mol. The summed E-state index contributed by atoms with van der Waals surface area (Å²) in [6.07, 6.45) is 8.06. The fraction of sp³-hybridized carbons (Fsp3) is 0.304. The lowest BCUT2D eigenvalue weighted by Crippen LogP contribution is -2.36. The van der Waals surface area contributed by atoms with Gasteiger partial charge in [-0.3, -0.25) is 9.59 Å². The summed E-state index contributed by atoms with van der Waals surface area (Å²) in [5.74, 6) is -0.187. The van der Waals surface area contributed by atoms with E-state index in [1.165, 1.54) is 10.9 Å². The summed E-state index contributed by atoms with van der Waals surface area (Å²) in [7, 11) is 1.68. The Morgan fingerprint density at radius 1 is 1.12 bits per heavy atom. The molecular weight excluding hydrogens is 406 g/mol. The molecule has 162 valence electrons. The van der Waals surface area contributed by atoms with E-state index in [2.05, 4.69) is 25.4 Å². The molecule has 1 N–H and O–H groups in total. The standard InChI is InChI=1S/C23H23N7O2/c1-14(2)30-20-16(11-26-30)10-25-19(27-20)21(31)28-23(8-9-23)17-6-4-15(5-7-17)18-12-24-13-29(3)22(18)32/h4-7,10-14H,8-9H2,1-3H3,(H,28,31). The monoisotopic (exact) mass is 429 g/mol. The molecule has 0 radical (unpaired) electrons. The van der Waals surface area contributed by atoms with Gasteiger partial charge in [0.15, 0.2) is 5.65 Å². The molecule has 0 spiro atoms. The fourth-order valence-corrected chi connectivity index (χ4v) is 3.88. The first-order chi connectivity index (χ1) is 15.4. The van der Waals surface area contributed by atoms with Crippen molar-refractivity contribution in [3.05, 3.63) is 70.9 Å². The quantitative estimate of drug-likeness (QED) is 0.522. The number of nitrogens with one attached hydrogen (secondary N) is 1. The number of rotatable bonds is 5. The Morgan fingerprint density at radius 2 is 1.88 bits per heavy atom. The highest BCUT2D eigenvalue weighted by Gasteiger charge is 2.46. The van der Waals surface area contributed by atoms with Crippen molar-refractivity contribution in [1.82, 2.24) is 34.6 Å². The van der Waals surface area contributed by atoms with Gasteiger partial charge in [0.05, 0.1) is 29.0 Å². The summed E-state index contributed by atoms with van der Waals surface area (Å²) in [6.45, 7) is 4.02. The summed E-state index contributed by atoms with van der Waals surface area (Å²) in [6, 6.07) is 7.82. The number of carbonyl (C=O) groups excluding carboxylic acids is 1. The molecule has 0 atom stereocenters. The molecule has 0 saturated heterocycles. The average Bonchev–Trinajstić information content (AvgIpc) is 3.44. The molecule has 1 saturated carbocycles. The van der Waals surface area contributed by atoms with Crippen LogP contribution in [0.4, 0.5) is 0 Å². The van der Waals surface area contributed by atoms with Gasteiger partial charge >= 0.3 is 0 Å². The number of aryl methyl sites for hydroxylation is 1. The third kappa shape index (κ3) is 3.35. The summed E-state index contributed by atoms with van der Waals surface area (Å²) in [4.78, 5) is 38.1. The number of carbonyl (C=O) groups is 1. The molecule has 9 nitrogen and oxygen atoms in total. The first kappa shape index (κ1) is 20.0. The van der Waals surface area contributed by atoms with E-state index in [-0.39, 0.29) is 23.3 Å². The van der Waals surface area contributed by atoms with Gasteiger partial charge in [0.1, 0.15) is 0 Å². The molecule has 0 unspecified atom stereocenters.